The van der Waals surface area contributed by atoms with E-state index in [9.17, 15) is 4.79 Å². The van der Waals surface area contributed by atoms with Crippen LogP contribution in [0.5, 0.6) is 0 Å². The minimum atomic E-state index is 0.0296. The van der Waals surface area contributed by atoms with Crippen molar-refractivity contribution < 1.29 is 4.79 Å². The number of ketones is 1. The van der Waals surface area contributed by atoms with Crippen LogP contribution in [0, 0.1) is 0 Å². The highest BCUT2D eigenvalue weighted by atomic mass is 35.5. The lowest BCUT2D eigenvalue weighted by molar-refractivity contribution is 0.101. The molecule has 0 spiro atoms. The molecular formula is C12H13ClN4O. The molecule has 5 nitrogen and oxygen atoms in total. The monoisotopic (exact) mass is 264 g/mol. The van der Waals surface area contributed by atoms with E-state index in [1.165, 1.54) is 6.92 Å². The fraction of sp³-hybridized carbons (Fsp3) is 0.250. The largest absolute Gasteiger partial charge is 0.324 e. The van der Waals surface area contributed by atoms with Crippen LogP contribution in [0.4, 0.5) is 0 Å². The third-order valence-corrected chi connectivity index (χ3v) is 2.87. The number of halogens is 1. The first-order valence-corrected chi connectivity index (χ1v) is 6.01. The van der Waals surface area contributed by atoms with Crippen molar-refractivity contribution in [3.63, 3.8) is 0 Å². The van der Waals surface area contributed by atoms with Gasteiger partial charge < -0.3 is 5.73 Å². The van der Waals surface area contributed by atoms with Crippen molar-refractivity contribution in [2.45, 2.75) is 19.3 Å². The van der Waals surface area contributed by atoms with Crippen LogP contribution in [0.25, 0.3) is 5.69 Å². The molecule has 1 aromatic carbocycles. The Morgan fingerprint density at radius 3 is 2.39 bits per heavy atom. The zero-order valence-corrected chi connectivity index (χ0v) is 10.7. The average molecular weight is 265 g/mol. The first kappa shape index (κ1) is 12.7. The number of nitrogens with zero attached hydrogens (tertiary/aromatic N) is 3. The molecule has 0 bridgehead atoms. The number of aromatic nitrogens is 3. The molecule has 2 aromatic rings. The second-order valence-corrected chi connectivity index (χ2v) is 4.08. The number of alkyl halides is 1. The third kappa shape index (κ3) is 2.27. The molecule has 0 saturated heterocycles. The van der Waals surface area contributed by atoms with Crippen molar-refractivity contribution in [3.05, 3.63) is 41.5 Å². The highest BCUT2D eigenvalue weighted by molar-refractivity contribution is 6.16. The van der Waals surface area contributed by atoms with Crippen molar-refractivity contribution >= 4 is 17.4 Å². The second-order valence-electron chi connectivity index (χ2n) is 3.81. The highest BCUT2D eigenvalue weighted by Crippen LogP contribution is 2.15. The van der Waals surface area contributed by atoms with Gasteiger partial charge in [-0.15, -0.1) is 21.8 Å². The predicted molar refractivity (Wildman–Crippen MR) is 68.8 cm³/mol. The van der Waals surface area contributed by atoms with Gasteiger partial charge in [-0.3, -0.25) is 9.36 Å². The second kappa shape index (κ2) is 5.29. The topological polar surface area (TPSA) is 73.8 Å². The van der Waals surface area contributed by atoms with Crippen LogP contribution in [-0.4, -0.2) is 20.5 Å². The van der Waals surface area contributed by atoms with Crippen LogP contribution in [0.2, 0.25) is 0 Å². The van der Waals surface area contributed by atoms with Crippen LogP contribution >= 0.6 is 11.6 Å². The highest BCUT2D eigenvalue weighted by Gasteiger charge is 2.12. The number of rotatable bonds is 4. The summed E-state index contributed by atoms with van der Waals surface area (Å²) in [6.45, 7) is 1.81. The molecule has 0 radical (unpaired) electrons. The molecule has 0 aliphatic rings. The van der Waals surface area contributed by atoms with Gasteiger partial charge in [0.1, 0.15) is 0 Å². The Morgan fingerprint density at radius 2 is 1.89 bits per heavy atom. The van der Waals surface area contributed by atoms with Gasteiger partial charge in [-0.2, -0.15) is 0 Å². The first-order valence-electron chi connectivity index (χ1n) is 5.48. The quantitative estimate of drug-likeness (QED) is 0.673. The summed E-state index contributed by atoms with van der Waals surface area (Å²) in [5, 5.41) is 7.95. The predicted octanol–water partition coefficient (Wildman–Crippen LogP) is 1.67. The molecule has 18 heavy (non-hydrogen) atoms. The molecule has 2 rings (SSSR count). The van der Waals surface area contributed by atoms with Gasteiger partial charge in [-0.05, 0) is 31.2 Å². The summed E-state index contributed by atoms with van der Waals surface area (Å²) >= 11 is 5.82. The van der Waals surface area contributed by atoms with E-state index in [4.69, 9.17) is 17.3 Å². The lowest BCUT2D eigenvalue weighted by atomic mass is 10.1. The zero-order valence-electron chi connectivity index (χ0n) is 9.93. The van der Waals surface area contributed by atoms with Crippen molar-refractivity contribution in [2.24, 2.45) is 5.73 Å². The Labute approximate surface area is 110 Å². The van der Waals surface area contributed by atoms with Crippen molar-refractivity contribution in [2.75, 3.05) is 0 Å². The van der Waals surface area contributed by atoms with Gasteiger partial charge in [0, 0.05) is 11.3 Å². The Morgan fingerprint density at radius 1 is 1.28 bits per heavy atom. The van der Waals surface area contributed by atoms with E-state index in [0.29, 0.717) is 17.2 Å². The minimum Gasteiger partial charge on any atom is -0.324 e. The molecule has 0 amide bonds. The van der Waals surface area contributed by atoms with Gasteiger partial charge in [-0.1, -0.05) is 0 Å². The molecular weight excluding hydrogens is 252 g/mol. The summed E-state index contributed by atoms with van der Waals surface area (Å²) in [7, 11) is 0. The Hall–Kier alpha value is -1.72. The van der Waals surface area contributed by atoms with Crippen molar-refractivity contribution in [3.8, 4) is 5.69 Å². The maximum Gasteiger partial charge on any atom is 0.159 e. The number of Topliss-reactive ketones (excluding diaryl/α,β-unsaturated/α-hetero) is 1. The van der Waals surface area contributed by atoms with Crippen LogP contribution in [-0.2, 0) is 12.4 Å². The summed E-state index contributed by atoms with van der Waals surface area (Å²) < 4.78 is 1.80. The van der Waals surface area contributed by atoms with Gasteiger partial charge in [0.2, 0.25) is 0 Å². The number of carbonyl (C=O) groups excluding carboxylic acids is 1. The van der Waals surface area contributed by atoms with E-state index < -0.39 is 0 Å². The summed E-state index contributed by atoms with van der Waals surface area (Å²) in [5.74, 6) is 1.55. The zero-order chi connectivity index (χ0) is 13.1. The lowest BCUT2D eigenvalue weighted by Gasteiger charge is -2.08. The fourth-order valence-electron chi connectivity index (χ4n) is 1.72. The van der Waals surface area contributed by atoms with Crippen molar-refractivity contribution in [1.29, 1.82) is 0 Å². The summed E-state index contributed by atoms with van der Waals surface area (Å²) in [6.07, 6.45) is 0. The molecule has 0 aliphatic heterocycles. The van der Waals surface area contributed by atoms with Gasteiger partial charge >= 0.3 is 0 Å². The third-order valence-electron chi connectivity index (χ3n) is 2.63. The van der Waals surface area contributed by atoms with Crippen LogP contribution < -0.4 is 5.73 Å². The Kier molecular flexibility index (Phi) is 3.74. The van der Waals surface area contributed by atoms with Gasteiger partial charge in [0.05, 0.1) is 12.4 Å². The van der Waals surface area contributed by atoms with Gasteiger partial charge in [-0.25, -0.2) is 0 Å². The molecule has 6 heteroatoms. The van der Waals surface area contributed by atoms with E-state index >= 15 is 0 Å². The molecule has 1 heterocycles. The van der Waals surface area contributed by atoms with E-state index in [1.807, 2.05) is 12.1 Å². The fourth-order valence-corrected chi connectivity index (χ4v) is 1.89. The molecule has 0 fully saturated rings. The maximum absolute atomic E-state index is 11.2. The smallest absolute Gasteiger partial charge is 0.159 e. The normalized spacial score (nSPS) is 10.6. The molecule has 94 valence electrons. The van der Waals surface area contributed by atoms with E-state index in [0.717, 1.165) is 5.69 Å². The summed E-state index contributed by atoms with van der Waals surface area (Å²) in [4.78, 5) is 11.2. The number of nitrogens with two attached hydrogens (primary N) is 1. The van der Waals surface area contributed by atoms with Crippen molar-refractivity contribution in [1.82, 2.24) is 14.8 Å². The van der Waals surface area contributed by atoms with E-state index in [-0.39, 0.29) is 18.2 Å². The molecule has 1 aromatic heterocycles. The average Bonchev–Trinajstić information content (AvgIpc) is 2.81. The SMILES string of the molecule is CC(=O)c1ccc(-n2c(CN)nnc2CCl)cc1. The molecule has 0 unspecified atom stereocenters. The molecule has 0 atom stereocenters. The summed E-state index contributed by atoms with van der Waals surface area (Å²) in [5.41, 5.74) is 7.12. The minimum absolute atomic E-state index is 0.0296. The van der Waals surface area contributed by atoms with E-state index in [1.54, 1.807) is 16.7 Å². The van der Waals surface area contributed by atoms with Gasteiger partial charge in [0.15, 0.2) is 17.4 Å². The first-order chi connectivity index (χ1) is 8.67. The van der Waals surface area contributed by atoms with Gasteiger partial charge in [0.25, 0.3) is 0 Å². The lowest BCUT2D eigenvalue weighted by Crippen LogP contribution is -2.09. The Balaban J connectivity index is 2.47. The number of hydrogen-bond donors (Lipinski definition) is 1. The molecule has 0 saturated carbocycles. The maximum atomic E-state index is 11.2. The van der Waals surface area contributed by atoms with Crippen LogP contribution in [0.15, 0.2) is 24.3 Å². The number of benzene rings is 1. The number of carbonyl (C=O) groups is 1. The number of hydrogen-bond acceptors (Lipinski definition) is 4. The summed E-state index contributed by atoms with van der Waals surface area (Å²) in [6, 6.07) is 7.18. The van der Waals surface area contributed by atoms with Crippen LogP contribution in [0.1, 0.15) is 28.9 Å². The van der Waals surface area contributed by atoms with Crippen LogP contribution in [0.3, 0.4) is 0 Å². The standard InChI is InChI=1S/C12H13ClN4O/c1-8(18)9-2-4-10(5-3-9)17-11(6-13)15-16-12(17)7-14/h2-5H,6-7,14H2,1H3. The molecule has 2 N–H and O–H groups in total. The molecule has 0 aliphatic carbocycles. The van der Waals surface area contributed by atoms with E-state index in [2.05, 4.69) is 10.2 Å². The Bertz CT molecular complexity index is 540.